The first-order valence-electron chi connectivity index (χ1n) is 6.55. The molecule has 0 saturated heterocycles. The van der Waals surface area contributed by atoms with Crippen LogP contribution in [0, 0.1) is 19.8 Å². The average molecular weight is 376 g/mol. The topological polar surface area (TPSA) is 89.3 Å². The molecule has 0 unspecified atom stereocenters. The van der Waals surface area contributed by atoms with Gasteiger partial charge in [-0.3, -0.25) is 14.4 Å². The lowest BCUT2D eigenvalue weighted by molar-refractivity contribution is -0.193. The number of nitrogens with zero attached hydrogens (tertiary/aromatic N) is 1. The normalized spacial score (nSPS) is 11.6. The molecule has 0 aliphatic rings. The summed E-state index contributed by atoms with van der Waals surface area (Å²) in [5.41, 5.74) is 1.41. The van der Waals surface area contributed by atoms with Crippen LogP contribution in [0.25, 0.3) is 0 Å². The lowest BCUT2D eigenvalue weighted by Crippen LogP contribution is -2.39. The summed E-state index contributed by atoms with van der Waals surface area (Å²) in [4.78, 5) is 30.6. The van der Waals surface area contributed by atoms with Gasteiger partial charge in [0.05, 0.1) is 0 Å². The number of amides is 1. The van der Waals surface area contributed by atoms with Crippen LogP contribution >= 0.6 is 0 Å². The molecule has 142 valence electrons. The molecule has 12 heteroatoms. The second-order valence-corrected chi connectivity index (χ2v) is 5.00. The first kappa shape index (κ1) is 22.6. The number of aryl methyl sites for hydroxylation is 2. The van der Waals surface area contributed by atoms with Gasteiger partial charge in [-0.05, 0) is 13.8 Å². The number of ketones is 2. The van der Waals surface area contributed by atoms with Crippen LogP contribution in [-0.2, 0) is 14.4 Å². The van der Waals surface area contributed by atoms with E-state index in [1.807, 2.05) is 13.8 Å². The smallest absolute Gasteiger partial charge is 0.359 e. The number of aromatic nitrogens is 1. The number of anilines is 1. The molecule has 25 heavy (non-hydrogen) atoms. The summed E-state index contributed by atoms with van der Waals surface area (Å²) in [7, 11) is 0. The Bertz CT molecular complexity index is 602. The van der Waals surface area contributed by atoms with E-state index in [2.05, 4.69) is 10.5 Å². The van der Waals surface area contributed by atoms with Gasteiger partial charge in [0.2, 0.25) is 5.91 Å². The molecule has 0 radical (unpaired) electrons. The Morgan fingerprint density at radius 1 is 0.960 bits per heavy atom. The molecule has 0 aliphatic heterocycles. The molecular formula is C13H14F6N2O4. The summed E-state index contributed by atoms with van der Waals surface area (Å²) < 4.78 is 71.9. The Balaban J connectivity index is 0.000000463. The van der Waals surface area contributed by atoms with Crippen molar-refractivity contribution in [3.63, 3.8) is 0 Å². The molecule has 0 saturated carbocycles. The zero-order valence-corrected chi connectivity index (χ0v) is 13.4. The highest BCUT2D eigenvalue weighted by Crippen LogP contribution is 2.24. The molecule has 0 bridgehead atoms. The van der Waals surface area contributed by atoms with Crippen LogP contribution in [0.3, 0.4) is 0 Å². The predicted molar refractivity (Wildman–Crippen MR) is 71.6 cm³/mol. The molecule has 0 aromatic carbocycles. The standard InChI is InChI=1S/C9H14N2O2.C4F6O2/c1-5(2)9(12)10-8-6(3)11-13-7(8)4;5-3(6,7)1(11)2(12)4(8,9)10/h5H,1-4H3,(H,10,12);. The van der Waals surface area contributed by atoms with Crippen LogP contribution in [0.5, 0.6) is 0 Å². The van der Waals surface area contributed by atoms with E-state index in [4.69, 9.17) is 4.52 Å². The molecule has 1 rings (SSSR count). The summed E-state index contributed by atoms with van der Waals surface area (Å²) in [6, 6.07) is 0. The van der Waals surface area contributed by atoms with E-state index < -0.39 is 23.9 Å². The number of carbonyl (C=O) groups excluding carboxylic acids is 3. The van der Waals surface area contributed by atoms with E-state index >= 15 is 0 Å². The van der Waals surface area contributed by atoms with E-state index in [9.17, 15) is 40.7 Å². The fourth-order valence-electron chi connectivity index (χ4n) is 1.19. The van der Waals surface area contributed by atoms with Crippen molar-refractivity contribution in [3.05, 3.63) is 11.5 Å². The third kappa shape index (κ3) is 6.93. The third-order valence-electron chi connectivity index (χ3n) is 2.53. The molecule has 1 heterocycles. The van der Waals surface area contributed by atoms with Gasteiger partial charge in [-0.15, -0.1) is 0 Å². The number of nitrogens with one attached hydrogen (secondary N) is 1. The number of hydrogen-bond donors (Lipinski definition) is 1. The summed E-state index contributed by atoms with van der Waals surface area (Å²) in [6.45, 7) is 7.25. The van der Waals surface area contributed by atoms with Crippen LogP contribution in [0.1, 0.15) is 25.3 Å². The van der Waals surface area contributed by atoms with Crippen LogP contribution in [-0.4, -0.2) is 35.0 Å². The quantitative estimate of drug-likeness (QED) is 0.647. The van der Waals surface area contributed by atoms with Crippen molar-refractivity contribution in [2.75, 3.05) is 5.32 Å². The maximum Gasteiger partial charge on any atom is 0.458 e. The highest BCUT2D eigenvalue weighted by Gasteiger charge is 2.54. The van der Waals surface area contributed by atoms with Gasteiger partial charge in [-0.25, -0.2) is 0 Å². The minimum absolute atomic E-state index is 0.0191. The minimum atomic E-state index is -5.77. The van der Waals surface area contributed by atoms with Crippen molar-refractivity contribution < 1.29 is 45.2 Å². The van der Waals surface area contributed by atoms with Gasteiger partial charge in [0.1, 0.15) is 11.4 Å². The van der Waals surface area contributed by atoms with Gasteiger partial charge in [0.25, 0.3) is 0 Å². The van der Waals surface area contributed by atoms with Crippen LogP contribution in [0.4, 0.5) is 32.0 Å². The summed E-state index contributed by atoms with van der Waals surface area (Å²) in [5, 5.41) is 6.50. The van der Waals surface area contributed by atoms with Crippen molar-refractivity contribution in [3.8, 4) is 0 Å². The second kappa shape index (κ2) is 8.12. The van der Waals surface area contributed by atoms with Gasteiger partial charge >= 0.3 is 23.9 Å². The van der Waals surface area contributed by atoms with Gasteiger partial charge in [-0.1, -0.05) is 19.0 Å². The van der Waals surface area contributed by atoms with Gasteiger partial charge < -0.3 is 9.84 Å². The van der Waals surface area contributed by atoms with Gasteiger partial charge in [-0.2, -0.15) is 26.3 Å². The van der Waals surface area contributed by atoms with Gasteiger partial charge in [0.15, 0.2) is 5.76 Å². The maximum atomic E-state index is 11.3. The molecule has 1 amide bonds. The molecule has 6 nitrogen and oxygen atoms in total. The molecule has 1 N–H and O–H groups in total. The Labute approximate surface area is 137 Å². The van der Waals surface area contributed by atoms with E-state index in [0.717, 1.165) is 0 Å². The fourth-order valence-corrected chi connectivity index (χ4v) is 1.19. The van der Waals surface area contributed by atoms with E-state index in [1.165, 1.54) is 0 Å². The van der Waals surface area contributed by atoms with Crippen LogP contribution in [0.15, 0.2) is 4.52 Å². The second-order valence-electron chi connectivity index (χ2n) is 5.00. The maximum absolute atomic E-state index is 11.3. The molecule has 0 spiro atoms. The number of Topliss-reactive ketones (excluding diaryl/α,β-unsaturated/α-hetero) is 2. The van der Waals surface area contributed by atoms with Crippen molar-refractivity contribution in [1.29, 1.82) is 0 Å². The largest absolute Gasteiger partial charge is 0.458 e. The zero-order chi connectivity index (χ0) is 20.2. The molecule has 1 aromatic rings. The average Bonchev–Trinajstić information content (AvgIpc) is 2.76. The van der Waals surface area contributed by atoms with Crippen molar-refractivity contribution >= 4 is 23.2 Å². The molecular weight excluding hydrogens is 362 g/mol. The van der Waals surface area contributed by atoms with Crippen LogP contribution in [0.2, 0.25) is 0 Å². The highest BCUT2D eigenvalue weighted by atomic mass is 19.4. The first-order valence-corrected chi connectivity index (χ1v) is 6.55. The molecule has 1 aromatic heterocycles. The predicted octanol–water partition coefficient (Wildman–Crippen LogP) is 3.14. The monoisotopic (exact) mass is 376 g/mol. The third-order valence-corrected chi connectivity index (χ3v) is 2.53. The number of halogens is 6. The summed E-state index contributed by atoms with van der Waals surface area (Å²) in [6.07, 6.45) is -11.5. The van der Waals surface area contributed by atoms with Crippen molar-refractivity contribution in [2.45, 2.75) is 40.0 Å². The van der Waals surface area contributed by atoms with Crippen molar-refractivity contribution in [1.82, 2.24) is 5.16 Å². The number of alkyl halides is 6. The highest BCUT2D eigenvalue weighted by molar-refractivity contribution is 6.41. The number of hydrogen-bond acceptors (Lipinski definition) is 5. The van der Waals surface area contributed by atoms with E-state index in [1.54, 1.807) is 13.8 Å². The summed E-state index contributed by atoms with van der Waals surface area (Å²) in [5.74, 6) is -6.22. The summed E-state index contributed by atoms with van der Waals surface area (Å²) >= 11 is 0. The Morgan fingerprint density at radius 3 is 1.60 bits per heavy atom. The molecule has 0 atom stereocenters. The minimum Gasteiger partial charge on any atom is -0.359 e. The fraction of sp³-hybridized carbons (Fsp3) is 0.538. The first-order chi connectivity index (χ1) is 11.1. The number of carbonyl (C=O) groups is 3. The lowest BCUT2D eigenvalue weighted by atomic mass is 10.2. The Hall–Kier alpha value is -2.40. The van der Waals surface area contributed by atoms with E-state index in [-0.39, 0.29) is 11.8 Å². The van der Waals surface area contributed by atoms with Crippen LogP contribution < -0.4 is 5.32 Å². The SMILES string of the molecule is Cc1noc(C)c1NC(=O)C(C)C.O=C(C(=O)C(F)(F)F)C(F)(F)F. The Morgan fingerprint density at radius 2 is 1.36 bits per heavy atom. The zero-order valence-electron chi connectivity index (χ0n) is 13.4. The lowest BCUT2D eigenvalue weighted by Gasteiger charge is -2.05. The Kier molecular flexibility index (Phi) is 7.34. The molecule has 0 aliphatic carbocycles. The van der Waals surface area contributed by atoms with Crippen molar-refractivity contribution in [2.24, 2.45) is 5.92 Å². The molecule has 0 fully saturated rings. The van der Waals surface area contributed by atoms with E-state index in [0.29, 0.717) is 17.1 Å². The van der Waals surface area contributed by atoms with Gasteiger partial charge in [0, 0.05) is 5.92 Å². The number of rotatable bonds is 3.